The van der Waals surface area contributed by atoms with Crippen LogP contribution in [0.5, 0.6) is 0 Å². The summed E-state index contributed by atoms with van der Waals surface area (Å²) in [5.74, 6) is 0.0979. The molecule has 2 aromatic carbocycles. The molecule has 0 spiro atoms. The van der Waals surface area contributed by atoms with E-state index in [-0.39, 0.29) is 11.9 Å². The Hall–Kier alpha value is -2.33. The van der Waals surface area contributed by atoms with Crippen molar-refractivity contribution < 1.29 is 4.79 Å². The third kappa shape index (κ3) is 4.60. The lowest BCUT2D eigenvalue weighted by molar-refractivity contribution is -0.123. The van der Waals surface area contributed by atoms with Crippen molar-refractivity contribution in [2.45, 2.75) is 19.9 Å². The topological polar surface area (TPSA) is 35.6 Å². The van der Waals surface area contributed by atoms with Crippen LogP contribution < -0.4 is 10.2 Å². The van der Waals surface area contributed by atoms with Gasteiger partial charge in [0.15, 0.2) is 0 Å². The summed E-state index contributed by atoms with van der Waals surface area (Å²) in [6.07, 6.45) is 0. The highest BCUT2D eigenvalue weighted by molar-refractivity contribution is 5.78. The normalized spacial score (nSPS) is 16.5. The third-order valence-corrected chi connectivity index (χ3v) is 4.87. The summed E-state index contributed by atoms with van der Waals surface area (Å²) in [5.41, 5.74) is 3.76. The first-order valence-corrected chi connectivity index (χ1v) is 9.01. The number of carbonyl (C=O) groups is 1. The summed E-state index contributed by atoms with van der Waals surface area (Å²) >= 11 is 0. The number of nitrogens with one attached hydrogen (secondary N) is 1. The SMILES string of the molecule is Cc1ccccc1N1CCN(CC(=O)NC(C)c2ccccc2)CC1. The van der Waals surface area contributed by atoms with Gasteiger partial charge in [0.25, 0.3) is 0 Å². The predicted octanol–water partition coefficient (Wildman–Crippen LogP) is 2.99. The minimum absolute atomic E-state index is 0.0435. The Kier molecular flexibility index (Phi) is 5.71. The second kappa shape index (κ2) is 8.17. The monoisotopic (exact) mass is 337 g/mol. The van der Waals surface area contributed by atoms with Crippen LogP contribution in [0.1, 0.15) is 24.1 Å². The predicted molar refractivity (Wildman–Crippen MR) is 103 cm³/mol. The number of rotatable bonds is 5. The number of hydrogen-bond acceptors (Lipinski definition) is 3. The average molecular weight is 337 g/mol. The summed E-state index contributed by atoms with van der Waals surface area (Å²) in [4.78, 5) is 17.0. The minimum atomic E-state index is 0.0435. The number of amides is 1. The molecular formula is C21H27N3O. The number of para-hydroxylation sites is 1. The van der Waals surface area contributed by atoms with Crippen molar-refractivity contribution in [3.05, 3.63) is 65.7 Å². The van der Waals surface area contributed by atoms with Crippen LogP contribution in [0.15, 0.2) is 54.6 Å². The van der Waals surface area contributed by atoms with Crippen LogP contribution in [0, 0.1) is 6.92 Å². The van der Waals surface area contributed by atoms with Crippen LogP contribution in [0.2, 0.25) is 0 Å². The van der Waals surface area contributed by atoms with Gasteiger partial charge in [0.1, 0.15) is 0 Å². The molecule has 25 heavy (non-hydrogen) atoms. The lowest BCUT2D eigenvalue weighted by Crippen LogP contribution is -2.49. The molecule has 0 aliphatic carbocycles. The van der Waals surface area contributed by atoms with Crippen LogP contribution in [0.25, 0.3) is 0 Å². The van der Waals surface area contributed by atoms with Gasteiger partial charge in [-0.1, -0.05) is 48.5 Å². The van der Waals surface area contributed by atoms with Crippen molar-refractivity contribution in [2.75, 3.05) is 37.6 Å². The van der Waals surface area contributed by atoms with E-state index in [0.717, 1.165) is 31.7 Å². The van der Waals surface area contributed by atoms with E-state index < -0.39 is 0 Å². The van der Waals surface area contributed by atoms with E-state index in [1.807, 2.05) is 37.3 Å². The van der Waals surface area contributed by atoms with Crippen molar-refractivity contribution in [3.8, 4) is 0 Å². The molecular weight excluding hydrogens is 310 g/mol. The molecule has 0 saturated carbocycles. The number of carbonyl (C=O) groups excluding carboxylic acids is 1. The number of nitrogens with zero attached hydrogens (tertiary/aromatic N) is 2. The van der Waals surface area contributed by atoms with E-state index in [1.54, 1.807) is 0 Å². The highest BCUT2D eigenvalue weighted by Gasteiger charge is 2.20. The first-order chi connectivity index (χ1) is 12.1. The van der Waals surface area contributed by atoms with Gasteiger partial charge in [-0.2, -0.15) is 0 Å². The fraction of sp³-hybridized carbons (Fsp3) is 0.381. The van der Waals surface area contributed by atoms with E-state index in [2.05, 4.69) is 46.3 Å². The molecule has 4 heteroatoms. The Balaban J connectivity index is 1.47. The van der Waals surface area contributed by atoms with Gasteiger partial charge in [-0.15, -0.1) is 0 Å². The van der Waals surface area contributed by atoms with Gasteiger partial charge in [-0.25, -0.2) is 0 Å². The minimum Gasteiger partial charge on any atom is -0.369 e. The smallest absolute Gasteiger partial charge is 0.234 e. The van der Waals surface area contributed by atoms with E-state index in [9.17, 15) is 4.79 Å². The first kappa shape index (κ1) is 17.5. The lowest BCUT2D eigenvalue weighted by Gasteiger charge is -2.36. The molecule has 0 bridgehead atoms. The van der Waals surface area contributed by atoms with Gasteiger partial charge in [0.2, 0.25) is 5.91 Å². The van der Waals surface area contributed by atoms with E-state index in [1.165, 1.54) is 11.3 Å². The van der Waals surface area contributed by atoms with E-state index in [4.69, 9.17) is 0 Å². The van der Waals surface area contributed by atoms with Crippen molar-refractivity contribution in [1.29, 1.82) is 0 Å². The van der Waals surface area contributed by atoms with Crippen LogP contribution in [-0.2, 0) is 4.79 Å². The Labute approximate surface area is 150 Å². The molecule has 1 heterocycles. The second-order valence-electron chi connectivity index (χ2n) is 6.75. The Bertz CT molecular complexity index is 693. The third-order valence-electron chi connectivity index (χ3n) is 4.87. The maximum Gasteiger partial charge on any atom is 0.234 e. The first-order valence-electron chi connectivity index (χ1n) is 9.01. The molecule has 1 unspecified atom stereocenters. The Morgan fingerprint density at radius 2 is 1.64 bits per heavy atom. The van der Waals surface area contributed by atoms with Crippen molar-refractivity contribution in [2.24, 2.45) is 0 Å². The molecule has 1 N–H and O–H groups in total. The molecule has 0 radical (unpaired) electrons. The van der Waals surface area contributed by atoms with E-state index in [0.29, 0.717) is 6.54 Å². The highest BCUT2D eigenvalue weighted by atomic mass is 16.2. The summed E-state index contributed by atoms with van der Waals surface area (Å²) in [5, 5.41) is 3.10. The van der Waals surface area contributed by atoms with Crippen LogP contribution >= 0.6 is 0 Å². The molecule has 1 fully saturated rings. The zero-order valence-electron chi connectivity index (χ0n) is 15.1. The average Bonchev–Trinajstić information content (AvgIpc) is 2.63. The molecule has 1 aliphatic heterocycles. The van der Waals surface area contributed by atoms with Gasteiger partial charge >= 0.3 is 0 Å². The Morgan fingerprint density at radius 1 is 1.00 bits per heavy atom. The van der Waals surface area contributed by atoms with Gasteiger partial charge in [0, 0.05) is 31.9 Å². The number of aryl methyl sites for hydroxylation is 1. The highest BCUT2D eigenvalue weighted by Crippen LogP contribution is 2.20. The number of benzene rings is 2. The zero-order valence-corrected chi connectivity index (χ0v) is 15.1. The molecule has 1 aliphatic rings. The molecule has 1 saturated heterocycles. The number of piperazine rings is 1. The maximum absolute atomic E-state index is 12.3. The zero-order chi connectivity index (χ0) is 17.6. The number of hydrogen-bond donors (Lipinski definition) is 1. The van der Waals surface area contributed by atoms with Crippen molar-refractivity contribution >= 4 is 11.6 Å². The van der Waals surface area contributed by atoms with Gasteiger partial charge in [0.05, 0.1) is 12.6 Å². The summed E-state index contributed by atoms with van der Waals surface area (Å²) in [6, 6.07) is 18.6. The fourth-order valence-corrected chi connectivity index (χ4v) is 3.38. The largest absolute Gasteiger partial charge is 0.369 e. The van der Waals surface area contributed by atoms with Gasteiger partial charge in [-0.3, -0.25) is 9.69 Å². The van der Waals surface area contributed by atoms with Gasteiger partial charge < -0.3 is 10.2 Å². The summed E-state index contributed by atoms with van der Waals surface area (Å²) in [6.45, 7) is 8.42. The van der Waals surface area contributed by atoms with E-state index >= 15 is 0 Å². The van der Waals surface area contributed by atoms with Gasteiger partial charge in [-0.05, 0) is 31.0 Å². The maximum atomic E-state index is 12.3. The molecule has 3 rings (SSSR count). The lowest BCUT2D eigenvalue weighted by atomic mass is 10.1. The molecule has 1 atom stereocenters. The Morgan fingerprint density at radius 3 is 2.32 bits per heavy atom. The fourth-order valence-electron chi connectivity index (χ4n) is 3.38. The summed E-state index contributed by atoms with van der Waals surface area (Å²) in [7, 11) is 0. The van der Waals surface area contributed by atoms with Crippen LogP contribution in [0.4, 0.5) is 5.69 Å². The molecule has 0 aromatic heterocycles. The quantitative estimate of drug-likeness (QED) is 0.911. The standard InChI is InChI=1S/C21H27N3O/c1-17-8-6-7-11-20(17)24-14-12-23(13-15-24)16-21(25)22-18(2)19-9-4-3-5-10-19/h3-11,18H,12-16H2,1-2H3,(H,22,25). The number of anilines is 1. The summed E-state index contributed by atoms with van der Waals surface area (Å²) < 4.78 is 0. The molecule has 4 nitrogen and oxygen atoms in total. The van der Waals surface area contributed by atoms with Crippen molar-refractivity contribution in [1.82, 2.24) is 10.2 Å². The molecule has 1 amide bonds. The molecule has 2 aromatic rings. The molecule has 132 valence electrons. The van der Waals surface area contributed by atoms with Crippen molar-refractivity contribution in [3.63, 3.8) is 0 Å². The second-order valence-corrected chi connectivity index (χ2v) is 6.75. The van der Waals surface area contributed by atoms with Crippen LogP contribution in [-0.4, -0.2) is 43.5 Å². The van der Waals surface area contributed by atoms with Crippen LogP contribution in [0.3, 0.4) is 0 Å².